The van der Waals surface area contributed by atoms with Crippen molar-refractivity contribution >= 4 is 5.95 Å². The first-order valence-electron chi connectivity index (χ1n) is 9.76. The lowest BCUT2D eigenvalue weighted by molar-refractivity contribution is 0.133. The zero-order chi connectivity index (χ0) is 19.2. The van der Waals surface area contributed by atoms with Gasteiger partial charge in [-0.25, -0.2) is 0 Å². The Morgan fingerprint density at radius 2 is 2.11 bits per heavy atom. The SMILES string of the molecule is CCOc1ccccc1CN1CCN(c2noc(C(C)C)n2)C[C@H]1CCO. The van der Waals surface area contributed by atoms with E-state index in [1.807, 2.05) is 39.0 Å². The Balaban J connectivity index is 1.71. The molecule has 7 heteroatoms. The number of rotatable bonds is 8. The Morgan fingerprint density at radius 1 is 1.30 bits per heavy atom. The molecule has 1 fully saturated rings. The molecule has 0 bridgehead atoms. The van der Waals surface area contributed by atoms with Crippen molar-refractivity contribution in [2.24, 2.45) is 0 Å². The number of nitrogens with zero attached hydrogens (tertiary/aromatic N) is 4. The highest BCUT2D eigenvalue weighted by Crippen LogP contribution is 2.25. The average Bonchev–Trinajstić information content (AvgIpc) is 3.16. The lowest BCUT2D eigenvalue weighted by Gasteiger charge is -2.41. The molecule has 1 aliphatic heterocycles. The van der Waals surface area contributed by atoms with Crippen molar-refractivity contribution in [1.29, 1.82) is 0 Å². The van der Waals surface area contributed by atoms with E-state index in [-0.39, 0.29) is 18.6 Å². The molecular weight excluding hydrogens is 344 g/mol. The molecule has 0 amide bonds. The van der Waals surface area contributed by atoms with Crippen LogP contribution in [0.2, 0.25) is 0 Å². The predicted molar refractivity (Wildman–Crippen MR) is 104 cm³/mol. The molecule has 0 unspecified atom stereocenters. The maximum Gasteiger partial charge on any atom is 0.266 e. The molecule has 0 aliphatic carbocycles. The van der Waals surface area contributed by atoms with Crippen molar-refractivity contribution in [2.45, 2.75) is 45.7 Å². The average molecular weight is 374 g/mol. The molecule has 0 saturated carbocycles. The summed E-state index contributed by atoms with van der Waals surface area (Å²) >= 11 is 0. The second-order valence-corrected chi connectivity index (χ2v) is 7.21. The van der Waals surface area contributed by atoms with Gasteiger partial charge in [-0.05, 0) is 24.6 Å². The molecule has 0 spiro atoms. The zero-order valence-electron chi connectivity index (χ0n) is 16.5. The molecule has 1 aromatic heterocycles. The van der Waals surface area contributed by atoms with E-state index in [0.29, 0.717) is 24.9 Å². The van der Waals surface area contributed by atoms with Gasteiger partial charge < -0.3 is 19.3 Å². The van der Waals surface area contributed by atoms with Gasteiger partial charge in [0.05, 0.1) is 6.61 Å². The van der Waals surface area contributed by atoms with Crippen molar-refractivity contribution in [3.8, 4) is 5.75 Å². The van der Waals surface area contributed by atoms with Crippen LogP contribution in [0.4, 0.5) is 5.95 Å². The number of aliphatic hydroxyl groups excluding tert-OH is 1. The van der Waals surface area contributed by atoms with Crippen LogP contribution in [0, 0.1) is 0 Å². The summed E-state index contributed by atoms with van der Waals surface area (Å²) in [4.78, 5) is 9.09. The molecule has 2 aromatic rings. The Bertz CT molecular complexity index is 719. The third kappa shape index (κ3) is 4.78. The fraction of sp³-hybridized carbons (Fsp3) is 0.600. The van der Waals surface area contributed by atoms with Crippen LogP contribution in [-0.4, -0.2) is 59.0 Å². The summed E-state index contributed by atoms with van der Waals surface area (Å²) in [5.74, 6) is 2.47. The monoisotopic (exact) mass is 374 g/mol. The summed E-state index contributed by atoms with van der Waals surface area (Å²) in [5.41, 5.74) is 1.18. The molecule has 3 rings (SSSR count). The second-order valence-electron chi connectivity index (χ2n) is 7.21. The summed E-state index contributed by atoms with van der Waals surface area (Å²) in [5, 5.41) is 13.7. The first-order chi connectivity index (χ1) is 13.1. The van der Waals surface area contributed by atoms with E-state index in [1.165, 1.54) is 5.56 Å². The normalized spacial score (nSPS) is 18.3. The Morgan fingerprint density at radius 3 is 2.81 bits per heavy atom. The first kappa shape index (κ1) is 19.6. The van der Waals surface area contributed by atoms with E-state index >= 15 is 0 Å². The number of aliphatic hydroxyl groups is 1. The van der Waals surface area contributed by atoms with E-state index in [1.54, 1.807) is 0 Å². The van der Waals surface area contributed by atoms with E-state index in [9.17, 15) is 5.11 Å². The summed E-state index contributed by atoms with van der Waals surface area (Å²) in [6.07, 6.45) is 0.711. The highest BCUT2D eigenvalue weighted by atomic mass is 16.5. The number of hydrogen-bond acceptors (Lipinski definition) is 7. The first-order valence-corrected chi connectivity index (χ1v) is 9.76. The number of para-hydroxylation sites is 1. The standard InChI is InChI=1S/C20H30N4O3/c1-4-26-18-8-6-5-7-16(18)13-23-10-11-24(14-17(23)9-12-25)20-21-19(15(2)3)27-22-20/h5-8,15,17,25H,4,9-14H2,1-3H3/t17-/m1/s1. The van der Waals surface area contributed by atoms with Gasteiger partial charge in [-0.2, -0.15) is 4.98 Å². The topological polar surface area (TPSA) is 74.9 Å². The van der Waals surface area contributed by atoms with E-state index < -0.39 is 0 Å². The number of anilines is 1. The van der Waals surface area contributed by atoms with Crippen LogP contribution in [0.1, 0.15) is 44.6 Å². The smallest absolute Gasteiger partial charge is 0.266 e. The highest BCUT2D eigenvalue weighted by Gasteiger charge is 2.29. The van der Waals surface area contributed by atoms with Crippen LogP contribution < -0.4 is 9.64 Å². The van der Waals surface area contributed by atoms with E-state index in [2.05, 4.69) is 26.0 Å². The van der Waals surface area contributed by atoms with Crippen LogP contribution in [0.15, 0.2) is 28.8 Å². The molecule has 2 heterocycles. The van der Waals surface area contributed by atoms with Crippen molar-refractivity contribution in [2.75, 3.05) is 37.7 Å². The highest BCUT2D eigenvalue weighted by molar-refractivity contribution is 5.34. The minimum atomic E-state index is 0.158. The maximum absolute atomic E-state index is 9.56. The van der Waals surface area contributed by atoms with Gasteiger partial charge in [-0.1, -0.05) is 32.0 Å². The van der Waals surface area contributed by atoms with Gasteiger partial charge in [-0.3, -0.25) is 4.90 Å². The van der Waals surface area contributed by atoms with Gasteiger partial charge in [0.1, 0.15) is 5.75 Å². The van der Waals surface area contributed by atoms with Crippen molar-refractivity contribution < 1.29 is 14.4 Å². The molecule has 27 heavy (non-hydrogen) atoms. The lowest BCUT2D eigenvalue weighted by atomic mass is 10.1. The number of ether oxygens (including phenoxy) is 1. The summed E-state index contributed by atoms with van der Waals surface area (Å²) in [6, 6.07) is 8.39. The van der Waals surface area contributed by atoms with Gasteiger partial charge in [0, 0.05) is 50.3 Å². The summed E-state index contributed by atoms with van der Waals surface area (Å²) in [7, 11) is 0. The minimum absolute atomic E-state index is 0.158. The van der Waals surface area contributed by atoms with Crippen LogP contribution in [0.25, 0.3) is 0 Å². The maximum atomic E-state index is 9.56. The molecular formula is C20H30N4O3. The third-order valence-electron chi connectivity index (χ3n) is 4.92. The summed E-state index contributed by atoms with van der Waals surface area (Å²) < 4.78 is 11.1. The largest absolute Gasteiger partial charge is 0.494 e. The van der Waals surface area contributed by atoms with Crippen LogP contribution in [-0.2, 0) is 6.54 Å². The molecule has 1 aliphatic rings. The quantitative estimate of drug-likeness (QED) is 0.761. The third-order valence-corrected chi connectivity index (χ3v) is 4.92. The van der Waals surface area contributed by atoms with Gasteiger partial charge in [0.25, 0.3) is 5.95 Å². The molecule has 1 N–H and O–H groups in total. The van der Waals surface area contributed by atoms with Crippen molar-refractivity contribution in [3.05, 3.63) is 35.7 Å². The molecule has 1 atom stereocenters. The molecule has 1 saturated heterocycles. The Kier molecular flexibility index (Phi) is 6.68. The number of benzene rings is 1. The van der Waals surface area contributed by atoms with E-state index in [0.717, 1.165) is 31.9 Å². The van der Waals surface area contributed by atoms with E-state index in [4.69, 9.17) is 9.26 Å². The van der Waals surface area contributed by atoms with Gasteiger partial charge in [0.2, 0.25) is 5.89 Å². The summed E-state index contributed by atoms with van der Waals surface area (Å²) in [6.45, 7) is 10.2. The Labute approximate surface area is 160 Å². The molecule has 7 nitrogen and oxygen atoms in total. The van der Waals surface area contributed by atoms with Crippen molar-refractivity contribution in [1.82, 2.24) is 15.0 Å². The zero-order valence-corrected chi connectivity index (χ0v) is 16.5. The minimum Gasteiger partial charge on any atom is -0.494 e. The van der Waals surface area contributed by atoms with Gasteiger partial charge >= 0.3 is 0 Å². The van der Waals surface area contributed by atoms with Crippen molar-refractivity contribution in [3.63, 3.8) is 0 Å². The molecule has 0 radical (unpaired) electrons. The molecule has 148 valence electrons. The van der Waals surface area contributed by atoms with Gasteiger partial charge in [-0.15, -0.1) is 0 Å². The second kappa shape index (κ2) is 9.19. The predicted octanol–water partition coefficient (Wildman–Crippen LogP) is 2.66. The van der Waals surface area contributed by atoms with Crippen LogP contribution >= 0.6 is 0 Å². The van der Waals surface area contributed by atoms with Gasteiger partial charge in [0.15, 0.2) is 0 Å². The number of aromatic nitrogens is 2. The van der Waals surface area contributed by atoms with Crippen LogP contribution in [0.5, 0.6) is 5.75 Å². The fourth-order valence-electron chi connectivity index (χ4n) is 3.45. The fourth-order valence-corrected chi connectivity index (χ4v) is 3.45. The lowest BCUT2D eigenvalue weighted by Crippen LogP contribution is -2.53. The number of piperazine rings is 1. The van der Waals surface area contributed by atoms with Crippen LogP contribution in [0.3, 0.4) is 0 Å². The molecule has 1 aromatic carbocycles. The Hall–Kier alpha value is -2.12. The number of hydrogen-bond donors (Lipinski definition) is 1.